The van der Waals surface area contributed by atoms with E-state index < -0.39 is 0 Å². The standard InChI is InChI=1S/C43H76N2OS.C8H16.C5H12/c1-4-6-8-14-32-24-31(3)25-37(26-32)33-18-20-42(46)40(29-33)41-30-34(19-21-43(41)47)38-27-35(15-9-7-5-2)39(17-11-13-23-45)36(28-38)16-10-12-22-44;1-8-6-4-2-3-5-7-8;1-3-5-4-2/h24-26,33-36,38-43,46-47H,4-23,27-30,44-45H2,1-3H3;8H,2-7H2,1H3;3-5H2,1-2H3. The molecule has 350 valence electrons. The van der Waals surface area contributed by atoms with Crippen LogP contribution in [0.1, 0.15) is 250 Å². The first-order valence-corrected chi connectivity index (χ1v) is 27.6. The molecule has 0 bridgehead atoms. The molecule has 4 aliphatic carbocycles. The quantitative estimate of drug-likeness (QED) is 0.0566. The lowest BCUT2D eigenvalue weighted by atomic mass is 9.57. The largest absolute Gasteiger partial charge is 0.393 e. The van der Waals surface area contributed by atoms with Crippen LogP contribution in [0.25, 0.3) is 0 Å². The van der Waals surface area contributed by atoms with Crippen LogP contribution in [-0.2, 0) is 6.42 Å². The second-order valence-electron chi connectivity index (χ2n) is 21.2. The van der Waals surface area contributed by atoms with Gasteiger partial charge in [0.2, 0.25) is 0 Å². The Morgan fingerprint density at radius 3 is 1.78 bits per heavy atom. The molecule has 0 saturated heterocycles. The van der Waals surface area contributed by atoms with Gasteiger partial charge in [0.15, 0.2) is 0 Å². The van der Waals surface area contributed by atoms with Gasteiger partial charge in [0, 0.05) is 5.25 Å². The number of hydrogen-bond acceptors (Lipinski definition) is 4. The number of hydrogen-bond donors (Lipinski definition) is 4. The van der Waals surface area contributed by atoms with Crippen LogP contribution in [0.3, 0.4) is 0 Å². The molecule has 0 aromatic heterocycles. The summed E-state index contributed by atoms with van der Waals surface area (Å²) in [6, 6.07) is 7.40. The van der Waals surface area contributed by atoms with Crippen molar-refractivity contribution in [2.24, 2.45) is 58.8 Å². The van der Waals surface area contributed by atoms with Crippen molar-refractivity contribution in [2.75, 3.05) is 13.1 Å². The number of aliphatic hydroxyl groups excluding tert-OH is 1. The van der Waals surface area contributed by atoms with Gasteiger partial charge in [-0.25, -0.2) is 0 Å². The smallest absolute Gasteiger partial charge is 0.0571 e. The fourth-order valence-corrected chi connectivity index (χ4v) is 13.1. The minimum atomic E-state index is -0.164. The normalized spacial score (nSPS) is 30.1. The van der Waals surface area contributed by atoms with Gasteiger partial charge in [-0.15, -0.1) is 0 Å². The highest BCUT2D eigenvalue weighted by molar-refractivity contribution is 7.81. The molecule has 3 nitrogen and oxygen atoms in total. The summed E-state index contributed by atoms with van der Waals surface area (Å²) in [6.07, 6.45) is 41.1. The van der Waals surface area contributed by atoms with E-state index in [4.69, 9.17) is 24.1 Å². The number of aliphatic hydroxyl groups is 1. The minimum absolute atomic E-state index is 0.164. The van der Waals surface area contributed by atoms with Gasteiger partial charge in [0.1, 0.15) is 0 Å². The zero-order chi connectivity index (χ0) is 43.5. The van der Waals surface area contributed by atoms with Gasteiger partial charge in [-0.2, -0.15) is 12.6 Å². The third-order valence-corrected chi connectivity index (χ3v) is 16.8. The van der Waals surface area contributed by atoms with E-state index in [9.17, 15) is 5.11 Å². The first kappa shape index (κ1) is 53.8. The van der Waals surface area contributed by atoms with E-state index >= 15 is 0 Å². The van der Waals surface area contributed by atoms with Crippen LogP contribution in [0.5, 0.6) is 0 Å². The zero-order valence-corrected chi connectivity index (χ0v) is 41.9. The Morgan fingerprint density at radius 1 is 0.583 bits per heavy atom. The highest BCUT2D eigenvalue weighted by atomic mass is 32.1. The van der Waals surface area contributed by atoms with Gasteiger partial charge in [0.05, 0.1) is 6.10 Å². The summed E-state index contributed by atoms with van der Waals surface area (Å²) in [5.41, 5.74) is 16.4. The maximum atomic E-state index is 11.6. The molecule has 4 saturated carbocycles. The van der Waals surface area contributed by atoms with E-state index in [1.807, 2.05) is 0 Å². The van der Waals surface area contributed by atoms with Crippen LogP contribution in [-0.4, -0.2) is 29.5 Å². The van der Waals surface area contributed by atoms with Crippen molar-refractivity contribution in [3.63, 3.8) is 0 Å². The van der Waals surface area contributed by atoms with E-state index in [2.05, 4.69) is 59.7 Å². The van der Waals surface area contributed by atoms with Gasteiger partial charge in [-0.3, -0.25) is 0 Å². The van der Waals surface area contributed by atoms with E-state index in [0.717, 1.165) is 67.9 Å². The van der Waals surface area contributed by atoms with E-state index in [1.54, 1.807) is 5.56 Å². The molecule has 10 atom stereocenters. The van der Waals surface area contributed by atoms with Crippen molar-refractivity contribution in [3.8, 4) is 0 Å². The Morgan fingerprint density at radius 2 is 1.18 bits per heavy atom. The molecule has 0 amide bonds. The summed E-state index contributed by atoms with van der Waals surface area (Å²) in [4.78, 5) is 0. The van der Waals surface area contributed by atoms with Crippen molar-refractivity contribution in [2.45, 2.75) is 258 Å². The lowest BCUT2D eigenvalue weighted by Crippen LogP contribution is -2.43. The van der Waals surface area contributed by atoms with Crippen molar-refractivity contribution in [3.05, 3.63) is 34.9 Å². The Balaban J connectivity index is 0.000000631. The molecule has 4 heteroatoms. The molecule has 0 aliphatic heterocycles. The SMILES string of the molecule is CC1CCCCCC1.CCCCC.CCCCCc1cc(C)cc(C2CCC(O)C(C3CC(C4CC(CCCCC)C(CCCCN)C(CCCCN)C4)CCC3S)C2)c1. The van der Waals surface area contributed by atoms with Crippen LogP contribution in [0, 0.1) is 54.3 Å². The summed E-state index contributed by atoms with van der Waals surface area (Å²) in [7, 11) is 0. The Bertz CT molecular complexity index is 1160. The average Bonchev–Trinajstić information content (AvgIpc) is 3.50. The lowest BCUT2D eigenvalue weighted by Gasteiger charge is -2.49. The molecule has 4 aliphatic rings. The molecule has 5 rings (SSSR count). The van der Waals surface area contributed by atoms with Crippen LogP contribution in [0.15, 0.2) is 18.2 Å². The van der Waals surface area contributed by atoms with E-state index in [0.29, 0.717) is 23.0 Å². The van der Waals surface area contributed by atoms with Gasteiger partial charge < -0.3 is 16.6 Å². The minimum Gasteiger partial charge on any atom is -0.393 e. The lowest BCUT2D eigenvalue weighted by molar-refractivity contribution is -0.00624. The first-order valence-electron chi connectivity index (χ1n) is 27.1. The molecule has 10 unspecified atom stereocenters. The van der Waals surface area contributed by atoms with Crippen molar-refractivity contribution >= 4 is 12.6 Å². The Kier molecular flexibility index (Phi) is 28.8. The molecule has 0 spiro atoms. The summed E-state index contributed by atoms with van der Waals surface area (Å²) in [5.74, 6) is 6.79. The molecular weight excluding hydrogens is 749 g/mol. The Labute approximate surface area is 380 Å². The zero-order valence-electron chi connectivity index (χ0n) is 41.0. The third-order valence-electron chi connectivity index (χ3n) is 16.2. The molecule has 4 fully saturated rings. The van der Waals surface area contributed by atoms with Crippen molar-refractivity contribution in [1.29, 1.82) is 0 Å². The number of unbranched alkanes of at least 4 members (excludes halogenated alkanes) is 8. The van der Waals surface area contributed by atoms with Crippen LogP contribution >= 0.6 is 12.6 Å². The summed E-state index contributed by atoms with van der Waals surface area (Å²) in [6.45, 7) is 15.4. The van der Waals surface area contributed by atoms with Crippen LogP contribution < -0.4 is 11.5 Å². The number of benzene rings is 1. The summed E-state index contributed by atoms with van der Waals surface area (Å²) < 4.78 is 0. The predicted molar refractivity (Wildman–Crippen MR) is 269 cm³/mol. The monoisotopic (exact) mass is 853 g/mol. The highest BCUT2D eigenvalue weighted by Gasteiger charge is 2.45. The van der Waals surface area contributed by atoms with E-state index in [1.165, 1.54) is 191 Å². The van der Waals surface area contributed by atoms with Crippen LogP contribution in [0.4, 0.5) is 0 Å². The van der Waals surface area contributed by atoms with E-state index in [-0.39, 0.29) is 6.10 Å². The summed E-state index contributed by atoms with van der Waals surface area (Å²) in [5, 5.41) is 12.0. The maximum absolute atomic E-state index is 11.6. The number of nitrogens with two attached hydrogens (primary N) is 2. The number of thiol groups is 1. The molecular formula is C56H104N2OS. The number of aryl methyl sites for hydroxylation is 2. The van der Waals surface area contributed by atoms with Gasteiger partial charge >= 0.3 is 0 Å². The molecule has 1 aromatic carbocycles. The second kappa shape index (κ2) is 32.2. The molecule has 5 N–H and O–H groups in total. The van der Waals surface area contributed by atoms with Gasteiger partial charge in [-0.1, -0.05) is 174 Å². The fraction of sp³-hybridized carbons (Fsp3) is 0.893. The fourth-order valence-electron chi connectivity index (χ4n) is 12.6. The van der Waals surface area contributed by atoms with Gasteiger partial charge in [-0.05, 0) is 168 Å². The average molecular weight is 854 g/mol. The van der Waals surface area contributed by atoms with Gasteiger partial charge in [0.25, 0.3) is 0 Å². The topological polar surface area (TPSA) is 72.3 Å². The Hall–Kier alpha value is -0.550. The first-order chi connectivity index (χ1) is 29.2. The predicted octanol–water partition coefficient (Wildman–Crippen LogP) is 16.0. The molecule has 1 aromatic rings. The molecule has 60 heavy (non-hydrogen) atoms. The third kappa shape index (κ3) is 19.7. The van der Waals surface area contributed by atoms with Crippen molar-refractivity contribution < 1.29 is 5.11 Å². The number of rotatable bonds is 21. The highest BCUT2D eigenvalue weighted by Crippen LogP contribution is 2.53. The second-order valence-corrected chi connectivity index (χ2v) is 21.8. The maximum Gasteiger partial charge on any atom is 0.0571 e. The van der Waals surface area contributed by atoms with Crippen molar-refractivity contribution in [1.82, 2.24) is 0 Å². The molecule has 0 heterocycles. The molecule has 0 radical (unpaired) electrons. The summed E-state index contributed by atoms with van der Waals surface area (Å²) >= 11 is 5.29. The van der Waals surface area contributed by atoms with Crippen LogP contribution in [0.2, 0.25) is 0 Å².